The van der Waals surface area contributed by atoms with E-state index in [1.54, 1.807) is 23.1 Å². The predicted octanol–water partition coefficient (Wildman–Crippen LogP) is 3.60. The van der Waals surface area contributed by atoms with Crippen LogP contribution in [0.25, 0.3) is 0 Å². The lowest BCUT2D eigenvalue weighted by molar-refractivity contribution is -0.174. The van der Waals surface area contributed by atoms with Crippen molar-refractivity contribution >= 4 is 23.6 Å². The Kier molecular flexibility index (Phi) is 7.60. The van der Waals surface area contributed by atoms with E-state index in [1.807, 2.05) is 4.90 Å². The minimum Gasteiger partial charge on any atom is -0.489 e. The van der Waals surface area contributed by atoms with Crippen LogP contribution in [-0.2, 0) is 20.9 Å². The SMILES string of the molecule is O=C1CCC(N2Cc3cc(O[C@@H]4CCCC(F)(F)[C@H]4N4CC(C5CCN(C(=O)C6CC(F)(F)C6)CC5)C4)ccc3C2=O)C(=O)N1. The van der Waals surface area contributed by atoms with Gasteiger partial charge in [-0.25, -0.2) is 17.6 Å². The summed E-state index contributed by atoms with van der Waals surface area (Å²) >= 11 is 0. The molecule has 7 rings (SSSR count). The molecule has 4 aliphatic heterocycles. The molecule has 2 saturated carbocycles. The van der Waals surface area contributed by atoms with Gasteiger partial charge in [0, 0.05) is 69.9 Å². The molecule has 244 valence electrons. The summed E-state index contributed by atoms with van der Waals surface area (Å²) in [6.07, 6.45) is 1.02. The molecule has 1 aromatic carbocycles. The zero-order valence-electron chi connectivity index (χ0n) is 25.0. The molecule has 1 unspecified atom stereocenters. The molecule has 5 fully saturated rings. The lowest BCUT2D eigenvalue weighted by Gasteiger charge is -2.53. The van der Waals surface area contributed by atoms with Crippen molar-refractivity contribution in [1.82, 2.24) is 20.0 Å². The summed E-state index contributed by atoms with van der Waals surface area (Å²) in [5.41, 5.74) is 1.09. The lowest BCUT2D eigenvalue weighted by atomic mass is 9.76. The number of alkyl halides is 4. The number of hydrogen-bond acceptors (Lipinski definition) is 6. The summed E-state index contributed by atoms with van der Waals surface area (Å²) < 4.78 is 63.6. The zero-order valence-corrected chi connectivity index (χ0v) is 25.0. The van der Waals surface area contributed by atoms with Crippen molar-refractivity contribution in [1.29, 1.82) is 0 Å². The molecule has 13 heteroatoms. The molecular formula is C32H38F4N4O5. The van der Waals surface area contributed by atoms with Crippen molar-refractivity contribution in [2.75, 3.05) is 26.2 Å². The van der Waals surface area contributed by atoms with Gasteiger partial charge in [-0.1, -0.05) is 0 Å². The van der Waals surface area contributed by atoms with Crippen LogP contribution in [0, 0.1) is 17.8 Å². The Morgan fingerprint density at radius 2 is 1.69 bits per heavy atom. The number of benzene rings is 1. The molecule has 9 nitrogen and oxygen atoms in total. The summed E-state index contributed by atoms with van der Waals surface area (Å²) in [7, 11) is 0. The standard InChI is InChI=1S/C32H38F4N4O5/c33-31(34)13-20(14-31)29(43)38-10-7-18(8-11-38)21-15-39(16-21)27-25(2-1-9-32(27,35)36)45-22-3-4-23-19(12-22)17-40(30(23)44)24-5-6-26(41)37-28(24)42/h3-4,12,18,20-21,24-25,27H,1-2,5-11,13-17H2,(H,37,41,42)/t24?,25-,27+/m1/s1. The van der Waals surface area contributed by atoms with Crippen molar-refractivity contribution in [2.24, 2.45) is 17.8 Å². The van der Waals surface area contributed by atoms with Crippen LogP contribution >= 0.6 is 0 Å². The van der Waals surface area contributed by atoms with Gasteiger partial charge in [0.2, 0.25) is 23.6 Å². The normalized spacial score (nSPS) is 30.8. The van der Waals surface area contributed by atoms with Gasteiger partial charge in [-0.2, -0.15) is 0 Å². The first-order valence-corrected chi connectivity index (χ1v) is 16.1. The molecular weight excluding hydrogens is 596 g/mol. The fraction of sp³-hybridized carbons (Fsp3) is 0.688. The van der Waals surface area contributed by atoms with Crippen LogP contribution < -0.4 is 10.1 Å². The second-order valence-corrected chi connectivity index (χ2v) is 13.8. The Morgan fingerprint density at radius 3 is 2.38 bits per heavy atom. The molecule has 2 aliphatic carbocycles. The summed E-state index contributed by atoms with van der Waals surface area (Å²) in [4.78, 5) is 54.5. The maximum absolute atomic E-state index is 15.4. The number of piperidine rings is 2. The van der Waals surface area contributed by atoms with Crippen LogP contribution in [0.4, 0.5) is 17.6 Å². The van der Waals surface area contributed by atoms with Crippen LogP contribution in [0.3, 0.4) is 0 Å². The molecule has 4 amide bonds. The van der Waals surface area contributed by atoms with E-state index in [0.29, 0.717) is 61.8 Å². The minimum absolute atomic E-state index is 0.155. The number of halogens is 4. The smallest absolute Gasteiger partial charge is 0.266 e. The summed E-state index contributed by atoms with van der Waals surface area (Å²) in [6.45, 7) is 2.26. The van der Waals surface area contributed by atoms with E-state index in [4.69, 9.17) is 4.74 Å². The molecule has 0 bridgehead atoms. The first kappa shape index (κ1) is 30.4. The highest BCUT2D eigenvalue weighted by atomic mass is 19.3. The number of carbonyl (C=O) groups is 4. The molecule has 3 saturated heterocycles. The van der Waals surface area contributed by atoms with E-state index < -0.39 is 41.9 Å². The van der Waals surface area contributed by atoms with Gasteiger partial charge < -0.3 is 14.5 Å². The van der Waals surface area contributed by atoms with E-state index >= 15 is 8.78 Å². The van der Waals surface area contributed by atoms with Gasteiger partial charge in [-0.05, 0) is 67.7 Å². The number of fused-ring (bicyclic) bond motifs is 1. The Balaban J connectivity index is 0.958. The highest BCUT2D eigenvalue weighted by Gasteiger charge is 2.55. The first-order chi connectivity index (χ1) is 21.4. The Hall–Kier alpha value is -3.22. The molecule has 0 spiro atoms. The Morgan fingerprint density at radius 1 is 0.956 bits per heavy atom. The summed E-state index contributed by atoms with van der Waals surface area (Å²) in [6, 6.07) is 3.10. The first-order valence-electron chi connectivity index (χ1n) is 16.1. The fourth-order valence-corrected chi connectivity index (χ4v) is 8.30. The average molecular weight is 635 g/mol. The maximum Gasteiger partial charge on any atom is 0.266 e. The van der Waals surface area contributed by atoms with Gasteiger partial charge in [0.15, 0.2) is 0 Å². The molecule has 4 heterocycles. The fourth-order valence-electron chi connectivity index (χ4n) is 8.30. The van der Waals surface area contributed by atoms with Crippen molar-refractivity contribution in [3.05, 3.63) is 29.3 Å². The van der Waals surface area contributed by atoms with Gasteiger partial charge in [-0.15, -0.1) is 0 Å². The number of amides is 4. The molecule has 6 aliphatic rings. The van der Waals surface area contributed by atoms with Crippen LogP contribution in [-0.4, -0.2) is 94.5 Å². The van der Waals surface area contributed by atoms with Crippen LogP contribution in [0.5, 0.6) is 5.75 Å². The van der Waals surface area contributed by atoms with Crippen LogP contribution in [0.2, 0.25) is 0 Å². The third kappa shape index (κ3) is 5.69. The number of nitrogens with zero attached hydrogens (tertiary/aromatic N) is 3. The summed E-state index contributed by atoms with van der Waals surface area (Å²) in [5.74, 6) is -6.65. The van der Waals surface area contributed by atoms with Gasteiger partial charge in [0.05, 0.1) is 0 Å². The van der Waals surface area contributed by atoms with E-state index in [1.165, 1.54) is 4.90 Å². The number of hydrogen-bond donors (Lipinski definition) is 1. The molecule has 1 aromatic rings. The van der Waals surface area contributed by atoms with Crippen molar-refractivity contribution in [3.8, 4) is 5.75 Å². The molecule has 1 N–H and O–H groups in total. The summed E-state index contributed by atoms with van der Waals surface area (Å²) in [5, 5.41) is 2.28. The van der Waals surface area contributed by atoms with Gasteiger partial charge in [0.25, 0.3) is 11.8 Å². The largest absolute Gasteiger partial charge is 0.489 e. The lowest BCUT2D eigenvalue weighted by Crippen LogP contribution is -2.66. The number of imide groups is 1. The quantitative estimate of drug-likeness (QED) is 0.380. The highest BCUT2D eigenvalue weighted by Crippen LogP contribution is 2.45. The van der Waals surface area contributed by atoms with Crippen LogP contribution in [0.1, 0.15) is 73.7 Å². The monoisotopic (exact) mass is 634 g/mol. The molecule has 0 aromatic heterocycles. The van der Waals surface area contributed by atoms with E-state index in [2.05, 4.69) is 5.32 Å². The Labute approximate surface area is 258 Å². The van der Waals surface area contributed by atoms with Gasteiger partial charge >= 0.3 is 0 Å². The number of carbonyl (C=O) groups excluding carboxylic acids is 4. The van der Waals surface area contributed by atoms with E-state index in [0.717, 1.165) is 12.8 Å². The maximum atomic E-state index is 15.4. The predicted molar refractivity (Wildman–Crippen MR) is 152 cm³/mol. The second kappa shape index (κ2) is 11.2. The average Bonchev–Trinajstić information content (AvgIpc) is 3.27. The van der Waals surface area contributed by atoms with E-state index in [9.17, 15) is 28.0 Å². The van der Waals surface area contributed by atoms with Crippen molar-refractivity contribution in [3.63, 3.8) is 0 Å². The second-order valence-electron chi connectivity index (χ2n) is 13.8. The number of ether oxygens (including phenoxy) is 1. The van der Waals surface area contributed by atoms with Crippen LogP contribution in [0.15, 0.2) is 18.2 Å². The number of likely N-dealkylation sites (tertiary alicyclic amines) is 2. The van der Waals surface area contributed by atoms with Gasteiger partial charge in [0.1, 0.15) is 23.9 Å². The topological polar surface area (TPSA) is 99.3 Å². The Bertz CT molecular complexity index is 1390. The van der Waals surface area contributed by atoms with E-state index in [-0.39, 0.29) is 62.3 Å². The molecule has 3 atom stereocenters. The molecule has 45 heavy (non-hydrogen) atoms. The highest BCUT2D eigenvalue weighted by molar-refractivity contribution is 6.05. The number of nitrogens with one attached hydrogen (secondary N) is 1. The minimum atomic E-state index is -2.93. The molecule has 0 radical (unpaired) electrons. The van der Waals surface area contributed by atoms with Crippen molar-refractivity contribution in [2.45, 2.75) is 94.4 Å². The third-order valence-electron chi connectivity index (χ3n) is 10.9. The third-order valence-corrected chi connectivity index (χ3v) is 10.9. The number of rotatable bonds is 6. The van der Waals surface area contributed by atoms with Gasteiger partial charge in [-0.3, -0.25) is 29.4 Å². The van der Waals surface area contributed by atoms with Crippen molar-refractivity contribution < 1.29 is 41.5 Å². The zero-order chi connectivity index (χ0) is 31.7.